The lowest BCUT2D eigenvalue weighted by atomic mass is 9.93. The molecule has 1 aliphatic heterocycles. The van der Waals surface area contributed by atoms with Gasteiger partial charge in [-0.3, -0.25) is 4.90 Å². The van der Waals surface area contributed by atoms with Gasteiger partial charge in [0, 0.05) is 24.7 Å². The van der Waals surface area contributed by atoms with Crippen molar-refractivity contribution in [3.63, 3.8) is 0 Å². The minimum absolute atomic E-state index is 0.484. The summed E-state index contributed by atoms with van der Waals surface area (Å²) >= 11 is 0. The van der Waals surface area contributed by atoms with E-state index in [4.69, 9.17) is 9.47 Å². The zero-order chi connectivity index (χ0) is 16.5. The first-order valence-electron chi connectivity index (χ1n) is 8.85. The van der Waals surface area contributed by atoms with E-state index in [9.17, 15) is 0 Å². The van der Waals surface area contributed by atoms with Gasteiger partial charge in [-0.2, -0.15) is 0 Å². The zero-order valence-corrected chi connectivity index (χ0v) is 14.5. The molecule has 0 bridgehead atoms. The van der Waals surface area contributed by atoms with E-state index in [1.807, 2.05) is 6.07 Å². The number of hydrogen-bond acceptors (Lipinski definition) is 3. The smallest absolute Gasteiger partial charge is 0.123 e. The molecule has 1 fully saturated rings. The summed E-state index contributed by atoms with van der Waals surface area (Å²) in [5.41, 5.74) is 5.67. The molecule has 126 valence electrons. The molecule has 1 heterocycles. The van der Waals surface area contributed by atoms with Crippen molar-refractivity contribution in [3.05, 3.63) is 58.7 Å². The lowest BCUT2D eigenvalue weighted by Gasteiger charge is -2.41. The van der Waals surface area contributed by atoms with Crippen molar-refractivity contribution in [2.24, 2.45) is 0 Å². The first-order valence-corrected chi connectivity index (χ1v) is 8.85. The highest BCUT2D eigenvalue weighted by Crippen LogP contribution is 2.38. The number of rotatable bonds is 5. The predicted octanol–water partition coefficient (Wildman–Crippen LogP) is 4.14. The van der Waals surface area contributed by atoms with Crippen molar-refractivity contribution >= 4 is 0 Å². The molecule has 1 aliphatic carbocycles. The molecule has 0 radical (unpaired) electrons. The van der Waals surface area contributed by atoms with E-state index in [2.05, 4.69) is 35.2 Å². The number of aryl methyl sites for hydroxylation is 2. The maximum Gasteiger partial charge on any atom is 0.123 e. The van der Waals surface area contributed by atoms with Crippen LogP contribution >= 0.6 is 0 Å². The predicted molar refractivity (Wildman–Crippen MR) is 95.8 cm³/mol. The normalized spacial score (nSPS) is 19.7. The quantitative estimate of drug-likeness (QED) is 0.825. The molecule has 3 heteroatoms. The molecule has 1 saturated heterocycles. The third-order valence-corrected chi connectivity index (χ3v) is 5.48. The topological polar surface area (TPSA) is 21.7 Å². The summed E-state index contributed by atoms with van der Waals surface area (Å²) in [5.74, 6) is 1.99. The number of nitrogens with zero attached hydrogens (tertiary/aromatic N) is 1. The standard InChI is InChI=1S/C21H25NO2/c1-23-19-8-4-7-17(12-19)20-9-10-22(20)14-18-11-15-5-3-6-16(15)13-21(18)24-2/h4,7-8,11-13,20H,3,5-6,9-10,14H2,1-2H3/t20-/m0/s1. The van der Waals surface area contributed by atoms with Crippen molar-refractivity contribution in [1.29, 1.82) is 0 Å². The first-order chi connectivity index (χ1) is 11.8. The number of methoxy groups -OCH3 is 2. The van der Waals surface area contributed by atoms with Crippen LogP contribution in [0, 0.1) is 0 Å². The Balaban J connectivity index is 1.55. The monoisotopic (exact) mass is 323 g/mol. The molecule has 0 amide bonds. The van der Waals surface area contributed by atoms with Crippen LogP contribution in [-0.2, 0) is 19.4 Å². The molecule has 2 aromatic carbocycles. The SMILES string of the molecule is COc1cccc([C@@H]2CCN2Cc2cc3c(cc2OC)CCC3)c1. The van der Waals surface area contributed by atoms with Crippen LogP contribution in [0.2, 0.25) is 0 Å². The third kappa shape index (κ3) is 2.78. The summed E-state index contributed by atoms with van der Waals surface area (Å²) in [6.45, 7) is 2.10. The Morgan fingerprint density at radius 3 is 2.58 bits per heavy atom. The number of ether oxygens (including phenoxy) is 2. The van der Waals surface area contributed by atoms with Crippen LogP contribution in [0.5, 0.6) is 11.5 Å². The Bertz CT molecular complexity index is 741. The summed E-state index contributed by atoms with van der Waals surface area (Å²) in [7, 11) is 3.52. The zero-order valence-electron chi connectivity index (χ0n) is 14.5. The second-order valence-electron chi connectivity index (χ2n) is 6.84. The van der Waals surface area contributed by atoms with Crippen LogP contribution in [0.25, 0.3) is 0 Å². The van der Waals surface area contributed by atoms with Gasteiger partial charge in [0.15, 0.2) is 0 Å². The summed E-state index contributed by atoms with van der Waals surface area (Å²) in [4.78, 5) is 2.54. The molecule has 0 saturated carbocycles. The Morgan fingerprint density at radius 1 is 1.04 bits per heavy atom. The molecule has 24 heavy (non-hydrogen) atoms. The van der Waals surface area contributed by atoms with Crippen LogP contribution in [0.3, 0.4) is 0 Å². The lowest BCUT2D eigenvalue weighted by Crippen LogP contribution is -2.40. The second kappa shape index (κ2) is 6.48. The molecule has 1 atom stereocenters. The van der Waals surface area contributed by atoms with Crippen molar-refractivity contribution < 1.29 is 9.47 Å². The van der Waals surface area contributed by atoms with Crippen molar-refractivity contribution in [3.8, 4) is 11.5 Å². The average Bonchev–Trinajstić information content (AvgIpc) is 3.05. The molecule has 0 unspecified atom stereocenters. The van der Waals surface area contributed by atoms with Crippen LogP contribution < -0.4 is 9.47 Å². The first kappa shape index (κ1) is 15.5. The molecule has 4 rings (SSSR count). The fraction of sp³-hybridized carbons (Fsp3) is 0.429. The highest BCUT2D eigenvalue weighted by molar-refractivity contribution is 5.45. The van der Waals surface area contributed by atoms with Gasteiger partial charge in [0.25, 0.3) is 0 Å². The molecule has 0 spiro atoms. The van der Waals surface area contributed by atoms with Crippen LogP contribution in [0.1, 0.15) is 41.1 Å². The minimum Gasteiger partial charge on any atom is -0.497 e. The fourth-order valence-corrected chi connectivity index (χ4v) is 4.04. The van der Waals surface area contributed by atoms with Crippen LogP contribution in [-0.4, -0.2) is 25.7 Å². The average molecular weight is 323 g/mol. The Hall–Kier alpha value is -2.00. The molecule has 0 aromatic heterocycles. The van der Waals surface area contributed by atoms with E-state index in [-0.39, 0.29) is 0 Å². The Kier molecular flexibility index (Phi) is 4.19. The molecular weight excluding hydrogens is 298 g/mol. The molecule has 2 aliphatic rings. The van der Waals surface area contributed by atoms with Gasteiger partial charge in [-0.15, -0.1) is 0 Å². The number of likely N-dealkylation sites (tertiary alicyclic amines) is 1. The number of fused-ring (bicyclic) bond motifs is 1. The maximum absolute atomic E-state index is 5.67. The molecule has 2 aromatic rings. The van der Waals surface area contributed by atoms with Crippen molar-refractivity contribution in [2.75, 3.05) is 20.8 Å². The van der Waals surface area contributed by atoms with Gasteiger partial charge in [0.1, 0.15) is 11.5 Å². The molecule has 0 N–H and O–H groups in total. The summed E-state index contributed by atoms with van der Waals surface area (Å²) in [6, 6.07) is 13.6. The highest BCUT2D eigenvalue weighted by Gasteiger charge is 2.30. The van der Waals surface area contributed by atoms with Gasteiger partial charge < -0.3 is 9.47 Å². The van der Waals surface area contributed by atoms with Crippen LogP contribution in [0.15, 0.2) is 36.4 Å². The number of hydrogen-bond donors (Lipinski definition) is 0. The van der Waals surface area contributed by atoms with Gasteiger partial charge in [0.05, 0.1) is 14.2 Å². The van der Waals surface area contributed by atoms with Gasteiger partial charge in [-0.1, -0.05) is 18.2 Å². The largest absolute Gasteiger partial charge is 0.497 e. The van der Waals surface area contributed by atoms with Crippen molar-refractivity contribution in [2.45, 2.75) is 38.3 Å². The second-order valence-corrected chi connectivity index (χ2v) is 6.84. The van der Waals surface area contributed by atoms with E-state index in [1.165, 1.54) is 47.9 Å². The Morgan fingerprint density at radius 2 is 1.88 bits per heavy atom. The van der Waals surface area contributed by atoms with Gasteiger partial charge in [-0.25, -0.2) is 0 Å². The van der Waals surface area contributed by atoms with E-state index >= 15 is 0 Å². The van der Waals surface area contributed by atoms with E-state index in [1.54, 1.807) is 14.2 Å². The van der Waals surface area contributed by atoms with Gasteiger partial charge in [-0.05, 0) is 60.6 Å². The highest BCUT2D eigenvalue weighted by atomic mass is 16.5. The summed E-state index contributed by atoms with van der Waals surface area (Å²) in [6.07, 6.45) is 4.90. The van der Waals surface area contributed by atoms with E-state index in [0.717, 1.165) is 24.6 Å². The summed E-state index contributed by atoms with van der Waals surface area (Å²) in [5, 5.41) is 0. The maximum atomic E-state index is 5.67. The van der Waals surface area contributed by atoms with Gasteiger partial charge in [0.2, 0.25) is 0 Å². The van der Waals surface area contributed by atoms with Gasteiger partial charge >= 0.3 is 0 Å². The van der Waals surface area contributed by atoms with E-state index < -0.39 is 0 Å². The molecule has 3 nitrogen and oxygen atoms in total. The van der Waals surface area contributed by atoms with E-state index in [0.29, 0.717) is 6.04 Å². The molecular formula is C21H25NO2. The fourth-order valence-electron chi connectivity index (χ4n) is 4.04. The van der Waals surface area contributed by atoms with Crippen molar-refractivity contribution in [1.82, 2.24) is 4.90 Å². The van der Waals surface area contributed by atoms with Crippen LogP contribution in [0.4, 0.5) is 0 Å². The Labute approximate surface area is 144 Å². The third-order valence-electron chi connectivity index (χ3n) is 5.48. The minimum atomic E-state index is 0.484. The number of benzene rings is 2. The summed E-state index contributed by atoms with van der Waals surface area (Å²) < 4.78 is 11.0. The lowest BCUT2D eigenvalue weighted by molar-refractivity contribution is 0.0807.